The molecule has 4 rings (SSSR count). The third kappa shape index (κ3) is 3.49. The Morgan fingerprint density at radius 2 is 1.85 bits per heavy atom. The molecule has 0 radical (unpaired) electrons. The van der Waals surface area contributed by atoms with Crippen LogP contribution in [0, 0.1) is 5.92 Å². The monoisotopic (exact) mass is 352 g/mol. The molecule has 2 aliphatic rings. The summed E-state index contributed by atoms with van der Waals surface area (Å²) in [4.78, 5) is 26.6. The van der Waals surface area contributed by atoms with Gasteiger partial charge >= 0.3 is 0 Å². The van der Waals surface area contributed by atoms with E-state index in [-0.39, 0.29) is 24.2 Å². The second kappa shape index (κ2) is 7.07. The molecule has 6 heteroatoms. The normalized spacial score (nSPS) is 18.7. The molecule has 2 aromatic carbocycles. The van der Waals surface area contributed by atoms with Gasteiger partial charge in [-0.2, -0.15) is 0 Å². The van der Waals surface area contributed by atoms with Crippen molar-refractivity contribution in [2.45, 2.75) is 13.0 Å². The minimum Gasteiger partial charge on any atom is -0.486 e. The minimum absolute atomic E-state index is 0.0103. The lowest BCUT2D eigenvalue weighted by Crippen LogP contribution is -2.28. The first-order chi connectivity index (χ1) is 12.7. The van der Waals surface area contributed by atoms with Gasteiger partial charge in [0.2, 0.25) is 11.8 Å². The fourth-order valence-electron chi connectivity index (χ4n) is 3.27. The second-order valence-corrected chi connectivity index (χ2v) is 6.51. The van der Waals surface area contributed by atoms with Crippen LogP contribution in [-0.2, 0) is 16.1 Å². The van der Waals surface area contributed by atoms with Gasteiger partial charge in [0, 0.05) is 31.3 Å². The predicted molar refractivity (Wildman–Crippen MR) is 96.0 cm³/mol. The number of carbonyl (C=O) groups excluding carboxylic acids is 2. The van der Waals surface area contributed by atoms with E-state index in [4.69, 9.17) is 9.47 Å². The first-order valence-corrected chi connectivity index (χ1v) is 8.71. The number of amides is 2. The summed E-state index contributed by atoms with van der Waals surface area (Å²) in [5.41, 5.74) is 1.71. The lowest BCUT2D eigenvalue weighted by molar-refractivity contribution is -0.128. The summed E-state index contributed by atoms with van der Waals surface area (Å²) in [6.45, 7) is 1.99. The Kier molecular flexibility index (Phi) is 4.48. The van der Waals surface area contributed by atoms with Gasteiger partial charge in [0.15, 0.2) is 11.5 Å². The molecule has 0 spiro atoms. The van der Waals surface area contributed by atoms with E-state index in [1.54, 1.807) is 23.1 Å². The van der Waals surface area contributed by atoms with Gasteiger partial charge in [0.1, 0.15) is 13.2 Å². The molecule has 1 atom stereocenters. The number of benzene rings is 2. The molecule has 2 aromatic rings. The molecule has 0 saturated carbocycles. The quantitative estimate of drug-likeness (QED) is 0.918. The van der Waals surface area contributed by atoms with Crippen LogP contribution in [0.25, 0.3) is 0 Å². The maximum atomic E-state index is 12.6. The molecular formula is C20H20N2O4. The fourth-order valence-corrected chi connectivity index (χ4v) is 3.27. The average molecular weight is 352 g/mol. The number of ether oxygens (including phenoxy) is 2. The molecule has 6 nitrogen and oxygen atoms in total. The summed E-state index contributed by atoms with van der Waals surface area (Å²) >= 11 is 0. The van der Waals surface area contributed by atoms with E-state index >= 15 is 0 Å². The minimum atomic E-state index is -0.348. The number of nitrogens with zero attached hydrogens (tertiary/aromatic N) is 1. The van der Waals surface area contributed by atoms with Crippen LogP contribution in [0.1, 0.15) is 12.0 Å². The summed E-state index contributed by atoms with van der Waals surface area (Å²) in [5, 5.41) is 2.89. The van der Waals surface area contributed by atoms with Crippen molar-refractivity contribution in [2.24, 2.45) is 5.92 Å². The van der Waals surface area contributed by atoms with E-state index in [2.05, 4.69) is 5.32 Å². The SMILES string of the molecule is O=C(Nc1ccc2c(c1)OCCO2)C1CC(=O)N(Cc2ccccc2)C1. The maximum Gasteiger partial charge on any atom is 0.229 e. The Labute approximate surface area is 151 Å². The van der Waals surface area contributed by atoms with E-state index in [1.807, 2.05) is 30.3 Å². The third-order valence-corrected chi connectivity index (χ3v) is 4.61. The number of likely N-dealkylation sites (tertiary alicyclic amines) is 1. The summed E-state index contributed by atoms with van der Waals surface area (Å²) in [5.74, 6) is 0.822. The maximum absolute atomic E-state index is 12.6. The van der Waals surface area contributed by atoms with Crippen molar-refractivity contribution in [1.29, 1.82) is 0 Å². The molecule has 2 heterocycles. The lowest BCUT2D eigenvalue weighted by Gasteiger charge is -2.19. The number of nitrogens with one attached hydrogen (secondary N) is 1. The Hall–Kier alpha value is -3.02. The molecule has 0 aromatic heterocycles. The Morgan fingerprint density at radius 3 is 2.65 bits per heavy atom. The zero-order valence-electron chi connectivity index (χ0n) is 14.3. The van der Waals surface area contributed by atoms with E-state index in [0.717, 1.165) is 5.56 Å². The van der Waals surface area contributed by atoms with Gasteiger partial charge in [0.25, 0.3) is 0 Å². The van der Waals surface area contributed by atoms with Gasteiger partial charge in [-0.05, 0) is 17.7 Å². The summed E-state index contributed by atoms with van der Waals surface area (Å²) < 4.78 is 11.0. The van der Waals surface area contributed by atoms with E-state index in [9.17, 15) is 9.59 Å². The molecule has 1 N–H and O–H groups in total. The largest absolute Gasteiger partial charge is 0.486 e. The van der Waals surface area contributed by atoms with Crippen LogP contribution in [0.4, 0.5) is 5.69 Å². The van der Waals surface area contributed by atoms with Crippen molar-refractivity contribution in [3.63, 3.8) is 0 Å². The molecule has 1 saturated heterocycles. The molecule has 0 bridgehead atoms. The first-order valence-electron chi connectivity index (χ1n) is 8.71. The Bertz CT molecular complexity index is 822. The van der Waals surface area contributed by atoms with Gasteiger partial charge in [-0.3, -0.25) is 9.59 Å². The third-order valence-electron chi connectivity index (χ3n) is 4.61. The van der Waals surface area contributed by atoms with Crippen molar-refractivity contribution < 1.29 is 19.1 Å². The zero-order chi connectivity index (χ0) is 17.9. The average Bonchev–Trinajstić information content (AvgIpc) is 3.03. The van der Waals surface area contributed by atoms with Crippen molar-refractivity contribution >= 4 is 17.5 Å². The number of hydrogen-bond donors (Lipinski definition) is 1. The van der Waals surface area contributed by atoms with Crippen LogP contribution in [0.3, 0.4) is 0 Å². The highest BCUT2D eigenvalue weighted by molar-refractivity contribution is 5.97. The van der Waals surface area contributed by atoms with Crippen LogP contribution < -0.4 is 14.8 Å². The summed E-state index contributed by atoms with van der Waals surface area (Å²) in [6, 6.07) is 15.1. The van der Waals surface area contributed by atoms with Crippen LogP contribution >= 0.6 is 0 Å². The summed E-state index contributed by atoms with van der Waals surface area (Å²) in [6.07, 6.45) is 0.239. The van der Waals surface area contributed by atoms with E-state index in [0.29, 0.717) is 43.5 Å². The molecule has 0 aliphatic carbocycles. The van der Waals surface area contributed by atoms with Crippen molar-refractivity contribution in [3.8, 4) is 11.5 Å². The smallest absolute Gasteiger partial charge is 0.229 e. The Balaban J connectivity index is 1.39. The topological polar surface area (TPSA) is 67.9 Å². The second-order valence-electron chi connectivity index (χ2n) is 6.51. The van der Waals surface area contributed by atoms with Gasteiger partial charge in [-0.15, -0.1) is 0 Å². The molecular weight excluding hydrogens is 332 g/mol. The molecule has 26 heavy (non-hydrogen) atoms. The number of rotatable bonds is 4. The predicted octanol–water partition coefficient (Wildman–Crippen LogP) is 2.45. The summed E-state index contributed by atoms with van der Waals surface area (Å²) in [7, 11) is 0. The fraction of sp³-hybridized carbons (Fsp3) is 0.300. The zero-order valence-corrected chi connectivity index (χ0v) is 14.3. The van der Waals surface area contributed by atoms with Crippen LogP contribution in [0.2, 0.25) is 0 Å². The number of hydrogen-bond acceptors (Lipinski definition) is 4. The van der Waals surface area contributed by atoms with Crippen LogP contribution in [-0.4, -0.2) is 36.5 Å². The van der Waals surface area contributed by atoms with Gasteiger partial charge < -0.3 is 19.7 Å². The van der Waals surface area contributed by atoms with Crippen molar-refractivity contribution in [1.82, 2.24) is 4.90 Å². The number of fused-ring (bicyclic) bond motifs is 1. The van der Waals surface area contributed by atoms with Crippen molar-refractivity contribution in [3.05, 3.63) is 54.1 Å². The highest BCUT2D eigenvalue weighted by atomic mass is 16.6. The molecule has 134 valence electrons. The van der Waals surface area contributed by atoms with E-state index in [1.165, 1.54) is 0 Å². The molecule has 1 unspecified atom stereocenters. The Morgan fingerprint density at radius 1 is 1.08 bits per heavy atom. The number of anilines is 1. The van der Waals surface area contributed by atoms with E-state index < -0.39 is 0 Å². The molecule has 2 aliphatic heterocycles. The van der Waals surface area contributed by atoms with Gasteiger partial charge in [-0.25, -0.2) is 0 Å². The number of carbonyl (C=O) groups is 2. The van der Waals surface area contributed by atoms with Crippen LogP contribution in [0.15, 0.2) is 48.5 Å². The highest BCUT2D eigenvalue weighted by Gasteiger charge is 2.34. The standard InChI is InChI=1S/C20H20N2O4/c23-19-10-15(13-22(19)12-14-4-2-1-3-5-14)20(24)21-16-6-7-17-18(11-16)26-9-8-25-17/h1-7,11,15H,8-10,12-13H2,(H,21,24). The van der Waals surface area contributed by atoms with Gasteiger partial charge in [0.05, 0.1) is 5.92 Å². The highest BCUT2D eigenvalue weighted by Crippen LogP contribution is 2.33. The lowest BCUT2D eigenvalue weighted by atomic mass is 10.1. The molecule has 1 fully saturated rings. The molecule has 2 amide bonds. The van der Waals surface area contributed by atoms with Crippen molar-refractivity contribution in [2.75, 3.05) is 25.1 Å². The first kappa shape index (κ1) is 16.4. The van der Waals surface area contributed by atoms with Gasteiger partial charge in [-0.1, -0.05) is 30.3 Å². The van der Waals surface area contributed by atoms with Crippen LogP contribution in [0.5, 0.6) is 11.5 Å².